The van der Waals surface area contributed by atoms with Gasteiger partial charge in [0.25, 0.3) is 0 Å². The molecule has 152 valence electrons. The fourth-order valence-electron chi connectivity index (χ4n) is 3.89. The Labute approximate surface area is 175 Å². The molecule has 1 fully saturated rings. The van der Waals surface area contributed by atoms with Gasteiger partial charge in [0.15, 0.2) is 0 Å². The number of carbonyl (C=O) groups is 2. The van der Waals surface area contributed by atoms with E-state index in [1.54, 1.807) is 0 Å². The highest BCUT2D eigenvalue weighted by atomic mass is 16.6. The molecule has 1 amide bonds. The second-order valence-electron chi connectivity index (χ2n) is 7.47. The van der Waals surface area contributed by atoms with E-state index >= 15 is 0 Å². The minimum absolute atomic E-state index is 0.0415. The summed E-state index contributed by atoms with van der Waals surface area (Å²) in [4.78, 5) is 25.7. The molecule has 0 aromatic heterocycles. The van der Waals surface area contributed by atoms with Crippen LogP contribution in [0.4, 0.5) is 4.79 Å². The molecule has 3 aromatic carbocycles. The molecule has 1 heterocycles. The molecule has 5 heteroatoms. The Balaban J connectivity index is 1.45. The molecule has 1 N–H and O–H groups in total. The lowest BCUT2D eigenvalue weighted by Crippen LogP contribution is -2.40. The molecular weight excluding hydrogens is 378 g/mol. The Morgan fingerprint density at radius 1 is 0.867 bits per heavy atom. The van der Waals surface area contributed by atoms with Crippen LogP contribution in [-0.2, 0) is 16.1 Å². The van der Waals surface area contributed by atoms with Gasteiger partial charge in [-0.15, -0.1) is 0 Å². The van der Waals surface area contributed by atoms with Crippen molar-refractivity contribution in [2.45, 2.75) is 25.0 Å². The van der Waals surface area contributed by atoms with Crippen LogP contribution < -0.4 is 0 Å². The van der Waals surface area contributed by atoms with Gasteiger partial charge in [-0.05, 0) is 28.7 Å². The van der Waals surface area contributed by atoms with Crippen molar-refractivity contribution in [3.05, 3.63) is 96.1 Å². The van der Waals surface area contributed by atoms with Gasteiger partial charge in [0, 0.05) is 12.5 Å². The lowest BCUT2D eigenvalue weighted by molar-refractivity contribution is -0.141. The number of nitrogens with zero attached hydrogens (tertiary/aromatic N) is 1. The molecule has 1 aliphatic heterocycles. The Bertz CT molecular complexity index is 1000. The highest BCUT2D eigenvalue weighted by Gasteiger charge is 2.41. The topological polar surface area (TPSA) is 66.8 Å². The van der Waals surface area contributed by atoms with Crippen LogP contribution in [0.25, 0.3) is 11.1 Å². The summed E-state index contributed by atoms with van der Waals surface area (Å²) in [6.45, 7) is 0.453. The third-order valence-electron chi connectivity index (χ3n) is 5.51. The molecule has 0 unspecified atom stereocenters. The molecule has 1 saturated heterocycles. The number of ether oxygens (including phenoxy) is 1. The maximum absolute atomic E-state index is 12.6. The standard InChI is InChI=1S/C25H23NO4/c27-24(28)23-15-22(16-26(23)25(29)30-17-18-7-3-1-4-8-18)21-13-11-20(12-14-21)19-9-5-2-6-10-19/h1-14,22-23H,15-17H2,(H,27,28)/t22-,23+/m1/s1. The van der Waals surface area contributed by atoms with E-state index in [1.807, 2.05) is 72.8 Å². The van der Waals surface area contributed by atoms with Crippen LogP contribution in [0.2, 0.25) is 0 Å². The first-order valence-electron chi connectivity index (χ1n) is 9.97. The Morgan fingerprint density at radius 3 is 2.10 bits per heavy atom. The van der Waals surface area contributed by atoms with Crippen LogP contribution in [0.5, 0.6) is 0 Å². The number of amides is 1. The lowest BCUT2D eigenvalue weighted by Gasteiger charge is -2.21. The minimum atomic E-state index is -1.00. The SMILES string of the molecule is O=C(O)[C@@H]1C[C@@H](c2ccc(-c3ccccc3)cc2)CN1C(=O)OCc1ccccc1. The Hall–Kier alpha value is -3.60. The van der Waals surface area contributed by atoms with Crippen LogP contribution in [0.1, 0.15) is 23.5 Å². The molecule has 30 heavy (non-hydrogen) atoms. The predicted molar refractivity (Wildman–Crippen MR) is 114 cm³/mol. The van der Waals surface area contributed by atoms with Crippen molar-refractivity contribution < 1.29 is 19.4 Å². The monoisotopic (exact) mass is 401 g/mol. The van der Waals surface area contributed by atoms with Crippen molar-refractivity contribution in [3.63, 3.8) is 0 Å². The van der Waals surface area contributed by atoms with Crippen LogP contribution in [0, 0.1) is 0 Å². The van der Waals surface area contributed by atoms with Gasteiger partial charge in [-0.1, -0.05) is 84.9 Å². The van der Waals surface area contributed by atoms with E-state index in [1.165, 1.54) is 4.90 Å². The first-order chi connectivity index (χ1) is 14.6. The molecule has 2 atom stereocenters. The zero-order chi connectivity index (χ0) is 20.9. The maximum Gasteiger partial charge on any atom is 0.410 e. The highest BCUT2D eigenvalue weighted by Crippen LogP contribution is 2.33. The normalized spacial score (nSPS) is 18.2. The van der Waals surface area contributed by atoms with Crippen LogP contribution in [-0.4, -0.2) is 34.7 Å². The number of hydrogen-bond acceptors (Lipinski definition) is 3. The van der Waals surface area contributed by atoms with Gasteiger partial charge in [0.1, 0.15) is 12.6 Å². The van der Waals surface area contributed by atoms with E-state index < -0.39 is 18.1 Å². The molecule has 0 radical (unpaired) electrons. The van der Waals surface area contributed by atoms with Gasteiger partial charge in [-0.2, -0.15) is 0 Å². The van der Waals surface area contributed by atoms with Gasteiger partial charge in [0.05, 0.1) is 0 Å². The zero-order valence-corrected chi connectivity index (χ0v) is 16.5. The maximum atomic E-state index is 12.6. The van der Waals surface area contributed by atoms with Crippen molar-refractivity contribution >= 4 is 12.1 Å². The molecule has 4 rings (SSSR count). The average molecular weight is 401 g/mol. The summed E-state index contributed by atoms with van der Waals surface area (Å²) in [5.74, 6) is -1.05. The summed E-state index contributed by atoms with van der Waals surface area (Å²) in [6.07, 6.45) is -0.213. The third-order valence-corrected chi connectivity index (χ3v) is 5.51. The van der Waals surface area contributed by atoms with Crippen molar-refractivity contribution in [2.75, 3.05) is 6.54 Å². The molecule has 5 nitrogen and oxygen atoms in total. The summed E-state index contributed by atoms with van der Waals surface area (Å²) in [7, 11) is 0. The van der Waals surface area contributed by atoms with Gasteiger partial charge in [0.2, 0.25) is 0 Å². The van der Waals surface area contributed by atoms with Crippen LogP contribution in [0.15, 0.2) is 84.9 Å². The molecule has 0 aliphatic carbocycles. The second-order valence-corrected chi connectivity index (χ2v) is 7.47. The smallest absolute Gasteiger partial charge is 0.410 e. The summed E-state index contributed by atoms with van der Waals surface area (Å²) in [6, 6.07) is 26.7. The fraction of sp³-hybridized carbons (Fsp3) is 0.200. The van der Waals surface area contributed by atoms with Gasteiger partial charge < -0.3 is 9.84 Å². The van der Waals surface area contributed by atoms with Crippen molar-refractivity contribution in [1.29, 1.82) is 0 Å². The van der Waals surface area contributed by atoms with E-state index in [0.717, 1.165) is 22.3 Å². The van der Waals surface area contributed by atoms with Crippen LogP contribution in [0.3, 0.4) is 0 Å². The molecule has 0 saturated carbocycles. The zero-order valence-electron chi connectivity index (χ0n) is 16.5. The molecular formula is C25H23NO4. The van der Waals surface area contributed by atoms with Gasteiger partial charge >= 0.3 is 12.1 Å². The summed E-state index contributed by atoms with van der Waals surface area (Å²) >= 11 is 0. The summed E-state index contributed by atoms with van der Waals surface area (Å²) in [5, 5.41) is 9.63. The molecule has 0 spiro atoms. The second kappa shape index (κ2) is 8.82. The van der Waals surface area contributed by atoms with Gasteiger partial charge in [-0.25, -0.2) is 9.59 Å². The fourth-order valence-corrected chi connectivity index (χ4v) is 3.89. The largest absolute Gasteiger partial charge is 0.480 e. The third kappa shape index (κ3) is 4.35. The number of carboxylic acid groups (broad SMARTS) is 1. The molecule has 1 aliphatic rings. The average Bonchev–Trinajstić information content (AvgIpc) is 3.25. The van der Waals surface area contributed by atoms with Crippen molar-refractivity contribution in [2.24, 2.45) is 0 Å². The van der Waals surface area contributed by atoms with Gasteiger partial charge in [-0.3, -0.25) is 4.90 Å². The summed E-state index contributed by atoms with van der Waals surface area (Å²) in [5.41, 5.74) is 4.13. The van der Waals surface area contributed by atoms with E-state index in [0.29, 0.717) is 13.0 Å². The quantitative estimate of drug-likeness (QED) is 0.658. The van der Waals surface area contributed by atoms with E-state index in [-0.39, 0.29) is 12.5 Å². The van der Waals surface area contributed by atoms with E-state index in [2.05, 4.69) is 12.1 Å². The number of hydrogen-bond donors (Lipinski definition) is 1. The Kier molecular flexibility index (Phi) is 5.80. The number of carboxylic acids is 1. The van der Waals surface area contributed by atoms with E-state index in [9.17, 15) is 14.7 Å². The lowest BCUT2D eigenvalue weighted by atomic mass is 9.94. The van der Waals surface area contributed by atoms with Crippen LogP contribution >= 0.6 is 0 Å². The number of carbonyl (C=O) groups excluding carboxylic acids is 1. The minimum Gasteiger partial charge on any atom is -0.480 e. The van der Waals surface area contributed by atoms with Crippen molar-refractivity contribution in [3.8, 4) is 11.1 Å². The highest BCUT2D eigenvalue weighted by molar-refractivity contribution is 5.81. The molecule has 0 bridgehead atoms. The number of likely N-dealkylation sites (tertiary alicyclic amines) is 1. The van der Waals surface area contributed by atoms with Crippen molar-refractivity contribution in [1.82, 2.24) is 4.90 Å². The number of rotatable bonds is 5. The predicted octanol–water partition coefficient (Wildman–Crippen LogP) is 4.93. The number of benzene rings is 3. The number of aliphatic carboxylic acids is 1. The van der Waals surface area contributed by atoms with E-state index in [4.69, 9.17) is 4.74 Å². The summed E-state index contributed by atoms with van der Waals surface area (Å²) < 4.78 is 5.38. The molecule has 3 aromatic rings. The Morgan fingerprint density at radius 2 is 1.47 bits per heavy atom. The first-order valence-corrected chi connectivity index (χ1v) is 9.97. The first kappa shape index (κ1) is 19.7.